The third kappa shape index (κ3) is 4.26. The van der Waals surface area contributed by atoms with Crippen molar-refractivity contribution in [3.63, 3.8) is 0 Å². The molecule has 0 atom stereocenters. The smallest absolute Gasteiger partial charge is 0.271 e. The Morgan fingerprint density at radius 1 is 1.23 bits per heavy atom. The number of carbonyl (C=O) groups is 1. The van der Waals surface area contributed by atoms with Gasteiger partial charge in [0, 0.05) is 57.0 Å². The van der Waals surface area contributed by atoms with Crippen LogP contribution < -0.4 is 4.90 Å². The molecule has 3 aromatic rings. The molecule has 4 rings (SSSR count). The predicted molar refractivity (Wildman–Crippen MR) is 117 cm³/mol. The highest BCUT2D eigenvalue weighted by Gasteiger charge is 2.22. The number of hydrogen-bond donors (Lipinski definition) is 1. The van der Waals surface area contributed by atoms with Crippen LogP contribution in [0.4, 0.5) is 11.4 Å². The van der Waals surface area contributed by atoms with Gasteiger partial charge in [0.1, 0.15) is 0 Å². The van der Waals surface area contributed by atoms with Crippen LogP contribution in [0.3, 0.4) is 0 Å². The van der Waals surface area contributed by atoms with Gasteiger partial charge in [0.15, 0.2) is 10.6 Å². The van der Waals surface area contributed by atoms with Gasteiger partial charge in [-0.05, 0) is 29.7 Å². The maximum absolute atomic E-state index is 12.7. The lowest BCUT2D eigenvalue weighted by atomic mass is 10.2. The number of benzene rings is 1. The number of nitrogens with one attached hydrogen (secondary N) is 1. The Morgan fingerprint density at radius 2 is 2.03 bits per heavy atom. The van der Waals surface area contributed by atoms with Crippen LogP contribution in [0.15, 0.2) is 41.8 Å². The number of thiophene rings is 1. The average molecular weight is 445 g/mol. The number of anilines is 1. The van der Waals surface area contributed by atoms with Crippen LogP contribution in [0.5, 0.6) is 0 Å². The Balaban J connectivity index is 1.35. The molecule has 1 aliphatic heterocycles. The number of aromatic nitrogens is 3. The quantitative estimate of drug-likeness (QED) is 0.356. The van der Waals surface area contributed by atoms with Gasteiger partial charge in [-0.25, -0.2) is 0 Å². The maximum Gasteiger partial charge on any atom is 0.271 e. The second kappa shape index (κ2) is 8.76. The van der Waals surface area contributed by atoms with Crippen molar-refractivity contribution in [2.45, 2.75) is 13.0 Å². The Labute approximate surface area is 181 Å². The van der Waals surface area contributed by atoms with E-state index in [4.69, 9.17) is 12.2 Å². The number of non-ortho nitro benzene ring substituents is 1. The van der Waals surface area contributed by atoms with Crippen LogP contribution in [-0.4, -0.2) is 56.7 Å². The van der Waals surface area contributed by atoms with Crippen LogP contribution in [0.25, 0.3) is 10.7 Å². The highest BCUT2D eigenvalue weighted by atomic mass is 32.1. The molecule has 0 aliphatic carbocycles. The van der Waals surface area contributed by atoms with Crippen molar-refractivity contribution in [1.82, 2.24) is 19.7 Å². The summed E-state index contributed by atoms with van der Waals surface area (Å²) in [5.41, 5.74) is 0.881. The summed E-state index contributed by atoms with van der Waals surface area (Å²) < 4.78 is 2.36. The molecule has 1 saturated heterocycles. The summed E-state index contributed by atoms with van der Waals surface area (Å²) in [6.07, 6.45) is 0.336. The van der Waals surface area contributed by atoms with E-state index in [1.807, 2.05) is 33.0 Å². The second-order valence-corrected chi connectivity index (χ2v) is 8.21. The highest BCUT2D eigenvalue weighted by Crippen LogP contribution is 2.24. The summed E-state index contributed by atoms with van der Waals surface area (Å²) >= 11 is 6.90. The first kappa shape index (κ1) is 20.2. The fraction of sp³-hybridized carbons (Fsp3) is 0.316. The molecule has 156 valence electrons. The number of piperazine rings is 1. The van der Waals surface area contributed by atoms with E-state index in [0.717, 1.165) is 16.4 Å². The highest BCUT2D eigenvalue weighted by molar-refractivity contribution is 7.71. The normalized spacial score (nSPS) is 14.1. The lowest BCUT2D eigenvalue weighted by Crippen LogP contribution is -2.49. The molecule has 0 bridgehead atoms. The van der Waals surface area contributed by atoms with E-state index in [1.54, 1.807) is 23.5 Å². The van der Waals surface area contributed by atoms with Gasteiger partial charge in [0.2, 0.25) is 5.91 Å². The standard InChI is InChI=1S/C19H20N6O3S2/c26-17(6-7-24-18(20-21-19(24)29)16-5-2-12-30-16)23-10-8-22(9-11-23)14-3-1-4-15(13-14)25(27)28/h1-5,12-13H,6-11H2,(H,21,29). The van der Waals surface area contributed by atoms with Crippen LogP contribution in [-0.2, 0) is 11.3 Å². The van der Waals surface area contributed by atoms with E-state index in [-0.39, 0.29) is 11.6 Å². The Kier molecular flexibility index (Phi) is 5.91. The van der Waals surface area contributed by atoms with Gasteiger partial charge in [-0.15, -0.1) is 11.3 Å². The minimum atomic E-state index is -0.394. The molecular formula is C19H20N6O3S2. The van der Waals surface area contributed by atoms with Crippen LogP contribution in [0.1, 0.15) is 6.42 Å². The van der Waals surface area contributed by atoms with Crippen LogP contribution in [0.2, 0.25) is 0 Å². The van der Waals surface area contributed by atoms with Gasteiger partial charge >= 0.3 is 0 Å². The second-order valence-electron chi connectivity index (χ2n) is 6.88. The monoisotopic (exact) mass is 444 g/mol. The lowest BCUT2D eigenvalue weighted by molar-refractivity contribution is -0.384. The molecule has 30 heavy (non-hydrogen) atoms. The molecule has 1 aromatic carbocycles. The molecule has 0 unspecified atom stereocenters. The molecule has 1 fully saturated rings. The number of carbonyl (C=O) groups excluding carboxylic acids is 1. The number of hydrogen-bond acceptors (Lipinski definition) is 7. The maximum atomic E-state index is 12.7. The molecule has 1 amide bonds. The molecule has 0 saturated carbocycles. The van der Waals surface area contributed by atoms with E-state index < -0.39 is 4.92 Å². The molecule has 0 radical (unpaired) electrons. The zero-order valence-electron chi connectivity index (χ0n) is 16.1. The zero-order chi connectivity index (χ0) is 21.1. The number of nitrogens with zero attached hydrogens (tertiary/aromatic N) is 5. The SMILES string of the molecule is O=C(CCn1c(-c2cccs2)n[nH]c1=S)N1CCN(c2cccc([N+](=O)[O-])c2)CC1. The number of nitro benzene ring substituents is 1. The fourth-order valence-corrected chi connectivity index (χ4v) is 4.45. The molecule has 2 aromatic heterocycles. The van der Waals surface area contributed by atoms with Gasteiger partial charge in [-0.2, -0.15) is 5.10 Å². The van der Waals surface area contributed by atoms with Crippen LogP contribution in [0, 0.1) is 14.9 Å². The first-order chi connectivity index (χ1) is 14.5. The van der Waals surface area contributed by atoms with Gasteiger partial charge in [-0.1, -0.05) is 12.1 Å². The lowest BCUT2D eigenvalue weighted by Gasteiger charge is -2.36. The third-order valence-electron chi connectivity index (χ3n) is 5.09. The van der Waals surface area contributed by atoms with Gasteiger partial charge in [0.25, 0.3) is 5.69 Å². The molecule has 0 spiro atoms. The van der Waals surface area contributed by atoms with Crippen molar-refractivity contribution >= 4 is 40.8 Å². The summed E-state index contributed by atoms with van der Waals surface area (Å²) in [4.78, 5) is 28.2. The predicted octanol–water partition coefficient (Wildman–Crippen LogP) is 3.32. The van der Waals surface area contributed by atoms with Crippen molar-refractivity contribution in [2.75, 3.05) is 31.1 Å². The van der Waals surface area contributed by atoms with E-state index >= 15 is 0 Å². The van der Waals surface area contributed by atoms with E-state index in [1.165, 1.54) is 6.07 Å². The molecular weight excluding hydrogens is 424 g/mol. The number of nitro groups is 1. The first-order valence-electron chi connectivity index (χ1n) is 9.49. The van der Waals surface area contributed by atoms with Gasteiger partial charge in [-0.3, -0.25) is 24.6 Å². The Bertz CT molecular complexity index is 1100. The van der Waals surface area contributed by atoms with Crippen molar-refractivity contribution in [2.24, 2.45) is 0 Å². The van der Waals surface area contributed by atoms with Gasteiger partial charge < -0.3 is 9.80 Å². The van der Waals surface area contributed by atoms with E-state index in [0.29, 0.717) is 43.9 Å². The topological polar surface area (TPSA) is 100 Å². The molecule has 3 heterocycles. The number of rotatable bonds is 6. The van der Waals surface area contributed by atoms with Crippen LogP contribution >= 0.6 is 23.6 Å². The molecule has 1 aliphatic rings. The van der Waals surface area contributed by atoms with E-state index in [9.17, 15) is 14.9 Å². The molecule has 9 nitrogen and oxygen atoms in total. The minimum Gasteiger partial charge on any atom is -0.368 e. The largest absolute Gasteiger partial charge is 0.368 e. The van der Waals surface area contributed by atoms with Crippen molar-refractivity contribution in [3.8, 4) is 10.7 Å². The number of aromatic amines is 1. The van der Waals surface area contributed by atoms with E-state index in [2.05, 4.69) is 15.1 Å². The molecule has 11 heteroatoms. The first-order valence-corrected chi connectivity index (χ1v) is 10.8. The minimum absolute atomic E-state index is 0.0638. The Hall–Kier alpha value is -3.05. The van der Waals surface area contributed by atoms with Crippen molar-refractivity contribution < 1.29 is 9.72 Å². The summed E-state index contributed by atoms with van der Waals surface area (Å²) in [5.74, 6) is 0.812. The molecule has 1 N–H and O–H groups in total. The average Bonchev–Trinajstić information content (AvgIpc) is 3.42. The summed E-state index contributed by atoms with van der Waals surface area (Å²) in [7, 11) is 0. The number of H-pyrrole nitrogens is 1. The summed E-state index contributed by atoms with van der Waals surface area (Å²) in [5, 5.41) is 20.1. The third-order valence-corrected chi connectivity index (χ3v) is 6.26. The number of amides is 1. The van der Waals surface area contributed by atoms with Crippen molar-refractivity contribution in [3.05, 3.63) is 56.7 Å². The zero-order valence-corrected chi connectivity index (χ0v) is 17.7. The van der Waals surface area contributed by atoms with Gasteiger partial charge in [0.05, 0.1) is 9.80 Å². The summed E-state index contributed by atoms with van der Waals surface area (Å²) in [6, 6.07) is 10.5. The summed E-state index contributed by atoms with van der Waals surface area (Å²) in [6.45, 7) is 2.90. The van der Waals surface area contributed by atoms with Crippen molar-refractivity contribution in [1.29, 1.82) is 0 Å². The Morgan fingerprint density at radius 3 is 2.73 bits per heavy atom. The fourth-order valence-electron chi connectivity index (χ4n) is 3.50.